The Bertz CT molecular complexity index is 674. The molecule has 3 rings (SSSR count). The highest BCUT2D eigenvalue weighted by molar-refractivity contribution is 5.92. The number of amides is 1. The fraction of sp³-hybridized carbons (Fsp3) is 0.652. The molecule has 0 aromatic heterocycles. The van der Waals surface area contributed by atoms with Crippen LogP contribution < -0.4 is 5.73 Å². The molecular weight excluding hydrogens is 352 g/mol. The number of carbonyl (C=O) groups excluding carboxylic acids is 2. The molecule has 1 saturated carbocycles. The molecule has 28 heavy (non-hydrogen) atoms. The molecule has 5 nitrogen and oxygen atoms in total. The number of esters is 1. The molecule has 0 bridgehead atoms. The van der Waals surface area contributed by atoms with Gasteiger partial charge in [-0.15, -0.1) is 0 Å². The molecule has 2 fully saturated rings. The molecule has 1 amide bonds. The van der Waals surface area contributed by atoms with Crippen molar-refractivity contribution in [2.75, 3.05) is 26.2 Å². The van der Waals surface area contributed by atoms with Crippen molar-refractivity contribution < 1.29 is 14.3 Å². The lowest BCUT2D eigenvalue weighted by atomic mass is 9.73. The first kappa shape index (κ1) is 20.8. The summed E-state index contributed by atoms with van der Waals surface area (Å²) in [5.41, 5.74) is 6.39. The Morgan fingerprint density at radius 3 is 2.54 bits per heavy atom. The standard InChI is InChI=1S/C23H34N2O3/c1-2-28-22(27)23(16-19-9-6-10-20(15-19)21(24)26)11-13-25(14-12-23)17-18-7-4-3-5-8-18/h6,9-10,15,18H,2-5,7-8,11-14,16-17H2,1H3,(H2,24,26). The maximum absolute atomic E-state index is 12.9. The van der Waals surface area contributed by atoms with Crippen molar-refractivity contribution in [1.82, 2.24) is 4.90 Å². The van der Waals surface area contributed by atoms with E-state index in [0.717, 1.165) is 44.0 Å². The van der Waals surface area contributed by atoms with Gasteiger partial charge in [-0.05, 0) is 75.7 Å². The first-order valence-electron chi connectivity index (χ1n) is 10.8. The summed E-state index contributed by atoms with van der Waals surface area (Å²) in [6.45, 7) is 5.29. The number of primary amides is 1. The Balaban J connectivity index is 1.68. The summed E-state index contributed by atoms with van der Waals surface area (Å²) in [5.74, 6) is 0.280. The summed E-state index contributed by atoms with van der Waals surface area (Å²) in [6.07, 6.45) is 9.01. The molecule has 1 aromatic rings. The van der Waals surface area contributed by atoms with Gasteiger partial charge >= 0.3 is 5.97 Å². The van der Waals surface area contributed by atoms with E-state index in [4.69, 9.17) is 10.5 Å². The topological polar surface area (TPSA) is 72.6 Å². The van der Waals surface area contributed by atoms with Gasteiger partial charge in [-0.25, -0.2) is 0 Å². The molecule has 0 unspecified atom stereocenters. The van der Waals surface area contributed by atoms with Crippen molar-refractivity contribution in [3.05, 3.63) is 35.4 Å². The van der Waals surface area contributed by atoms with Gasteiger partial charge in [-0.1, -0.05) is 31.4 Å². The molecule has 1 saturated heterocycles. The molecule has 1 heterocycles. The normalized spacial score (nSPS) is 20.6. The summed E-state index contributed by atoms with van der Waals surface area (Å²) in [5, 5.41) is 0. The van der Waals surface area contributed by atoms with Crippen LogP contribution >= 0.6 is 0 Å². The van der Waals surface area contributed by atoms with Crippen LogP contribution in [0.5, 0.6) is 0 Å². The smallest absolute Gasteiger partial charge is 0.312 e. The number of rotatable bonds is 7. The van der Waals surface area contributed by atoms with Crippen LogP contribution in [0, 0.1) is 11.3 Å². The quantitative estimate of drug-likeness (QED) is 0.727. The molecule has 1 aliphatic heterocycles. The fourth-order valence-corrected chi connectivity index (χ4v) is 4.86. The van der Waals surface area contributed by atoms with Crippen LogP contribution in [0.4, 0.5) is 0 Å². The van der Waals surface area contributed by atoms with Gasteiger partial charge < -0.3 is 15.4 Å². The monoisotopic (exact) mass is 386 g/mol. The van der Waals surface area contributed by atoms with Crippen molar-refractivity contribution in [2.24, 2.45) is 17.1 Å². The molecule has 0 radical (unpaired) electrons. The minimum absolute atomic E-state index is 0.100. The third-order valence-corrected chi connectivity index (χ3v) is 6.52. The number of hydrogen-bond donors (Lipinski definition) is 1. The number of piperidine rings is 1. The fourth-order valence-electron chi connectivity index (χ4n) is 4.86. The highest BCUT2D eigenvalue weighted by atomic mass is 16.5. The van der Waals surface area contributed by atoms with Crippen LogP contribution in [0.2, 0.25) is 0 Å². The van der Waals surface area contributed by atoms with Crippen molar-refractivity contribution in [3.8, 4) is 0 Å². The minimum atomic E-state index is -0.505. The number of benzene rings is 1. The summed E-state index contributed by atoms with van der Waals surface area (Å²) >= 11 is 0. The zero-order chi connectivity index (χ0) is 20.0. The van der Waals surface area contributed by atoms with E-state index in [-0.39, 0.29) is 5.97 Å². The Hall–Kier alpha value is -1.88. The predicted molar refractivity (Wildman–Crippen MR) is 110 cm³/mol. The van der Waals surface area contributed by atoms with Crippen LogP contribution in [-0.2, 0) is 16.0 Å². The predicted octanol–water partition coefficient (Wildman–Crippen LogP) is 3.55. The molecular formula is C23H34N2O3. The van der Waals surface area contributed by atoms with E-state index in [9.17, 15) is 9.59 Å². The van der Waals surface area contributed by atoms with Crippen molar-refractivity contribution in [2.45, 2.75) is 58.3 Å². The summed E-state index contributed by atoms with van der Waals surface area (Å²) in [4.78, 5) is 27.0. The molecule has 2 aliphatic rings. The summed E-state index contributed by atoms with van der Waals surface area (Å²) < 4.78 is 5.47. The average Bonchev–Trinajstić information content (AvgIpc) is 2.71. The molecule has 1 aromatic carbocycles. The molecule has 2 N–H and O–H groups in total. The average molecular weight is 387 g/mol. The van der Waals surface area contributed by atoms with Gasteiger partial charge in [0.15, 0.2) is 0 Å². The van der Waals surface area contributed by atoms with E-state index in [1.807, 2.05) is 25.1 Å². The second-order valence-electron chi connectivity index (χ2n) is 8.55. The number of carbonyl (C=O) groups is 2. The van der Waals surface area contributed by atoms with E-state index in [0.29, 0.717) is 18.6 Å². The maximum atomic E-state index is 12.9. The van der Waals surface area contributed by atoms with Gasteiger partial charge in [-0.2, -0.15) is 0 Å². The summed E-state index contributed by atoms with van der Waals surface area (Å²) in [6, 6.07) is 7.35. The third kappa shape index (κ3) is 5.13. The second kappa shape index (κ2) is 9.55. The molecule has 0 atom stereocenters. The van der Waals surface area contributed by atoms with Gasteiger partial charge in [-0.3, -0.25) is 9.59 Å². The third-order valence-electron chi connectivity index (χ3n) is 6.52. The van der Waals surface area contributed by atoms with Crippen molar-refractivity contribution in [3.63, 3.8) is 0 Å². The van der Waals surface area contributed by atoms with Crippen molar-refractivity contribution >= 4 is 11.9 Å². The number of nitrogens with two attached hydrogens (primary N) is 1. The van der Waals surface area contributed by atoms with E-state index < -0.39 is 11.3 Å². The zero-order valence-electron chi connectivity index (χ0n) is 17.1. The molecule has 1 aliphatic carbocycles. The highest BCUT2D eigenvalue weighted by Crippen LogP contribution is 2.37. The van der Waals surface area contributed by atoms with Gasteiger partial charge in [0.25, 0.3) is 0 Å². The number of nitrogens with zero attached hydrogens (tertiary/aromatic N) is 1. The van der Waals surface area contributed by atoms with Gasteiger partial charge in [0, 0.05) is 12.1 Å². The molecule has 5 heteroatoms. The van der Waals surface area contributed by atoms with E-state index in [1.54, 1.807) is 6.07 Å². The lowest BCUT2D eigenvalue weighted by molar-refractivity contribution is -0.158. The van der Waals surface area contributed by atoms with Crippen LogP contribution in [-0.4, -0.2) is 43.0 Å². The second-order valence-corrected chi connectivity index (χ2v) is 8.55. The lowest BCUT2D eigenvalue weighted by Gasteiger charge is -2.41. The van der Waals surface area contributed by atoms with E-state index >= 15 is 0 Å². The Kier molecular flexibility index (Phi) is 7.11. The van der Waals surface area contributed by atoms with Crippen LogP contribution in [0.15, 0.2) is 24.3 Å². The van der Waals surface area contributed by atoms with Crippen LogP contribution in [0.3, 0.4) is 0 Å². The van der Waals surface area contributed by atoms with E-state index in [1.165, 1.54) is 32.1 Å². The van der Waals surface area contributed by atoms with Gasteiger partial charge in [0.2, 0.25) is 5.91 Å². The Labute approximate surface area is 168 Å². The lowest BCUT2D eigenvalue weighted by Crippen LogP contribution is -2.47. The SMILES string of the molecule is CCOC(=O)C1(Cc2cccc(C(N)=O)c2)CCN(CC2CCCCC2)CC1. The Morgan fingerprint density at radius 1 is 1.18 bits per heavy atom. The largest absolute Gasteiger partial charge is 0.466 e. The number of hydrogen-bond acceptors (Lipinski definition) is 4. The highest BCUT2D eigenvalue weighted by Gasteiger charge is 2.43. The maximum Gasteiger partial charge on any atom is 0.312 e. The first-order valence-corrected chi connectivity index (χ1v) is 10.8. The van der Waals surface area contributed by atoms with Gasteiger partial charge in [0.05, 0.1) is 12.0 Å². The molecule has 154 valence electrons. The minimum Gasteiger partial charge on any atom is -0.466 e. The zero-order valence-corrected chi connectivity index (χ0v) is 17.1. The summed E-state index contributed by atoms with van der Waals surface area (Å²) in [7, 11) is 0. The van der Waals surface area contributed by atoms with Crippen molar-refractivity contribution in [1.29, 1.82) is 0 Å². The van der Waals surface area contributed by atoms with Crippen LogP contribution in [0.25, 0.3) is 0 Å². The number of likely N-dealkylation sites (tertiary alicyclic amines) is 1. The van der Waals surface area contributed by atoms with Gasteiger partial charge in [0.1, 0.15) is 0 Å². The van der Waals surface area contributed by atoms with Crippen LogP contribution in [0.1, 0.15) is 67.8 Å². The first-order chi connectivity index (χ1) is 13.5. The van der Waals surface area contributed by atoms with E-state index in [2.05, 4.69) is 4.90 Å². The Morgan fingerprint density at radius 2 is 1.89 bits per heavy atom. The number of ether oxygens (including phenoxy) is 1. The molecule has 0 spiro atoms.